The lowest BCUT2D eigenvalue weighted by atomic mass is 10.1. The van der Waals surface area contributed by atoms with Gasteiger partial charge in [-0.05, 0) is 56.2 Å². The lowest BCUT2D eigenvalue weighted by Gasteiger charge is -2.09. The van der Waals surface area contributed by atoms with Gasteiger partial charge >= 0.3 is 0 Å². The van der Waals surface area contributed by atoms with Crippen LogP contribution in [-0.4, -0.2) is 11.1 Å². The second-order valence-electron chi connectivity index (χ2n) is 6.11. The summed E-state index contributed by atoms with van der Waals surface area (Å²) in [7, 11) is 0. The first-order valence-corrected chi connectivity index (χ1v) is 8.16. The molecule has 0 saturated heterocycles. The quantitative estimate of drug-likeness (QED) is 0.729. The van der Waals surface area contributed by atoms with Crippen LogP contribution in [0.15, 0.2) is 47.0 Å². The summed E-state index contributed by atoms with van der Waals surface area (Å²) in [6.07, 6.45) is 0. The van der Waals surface area contributed by atoms with Gasteiger partial charge in [0.25, 0.3) is 5.91 Å². The van der Waals surface area contributed by atoms with Crippen LogP contribution < -0.4 is 10.1 Å². The molecule has 1 aromatic heterocycles. The molecule has 2 aromatic carbocycles. The van der Waals surface area contributed by atoms with Crippen molar-refractivity contribution in [1.29, 1.82) is 0 Å². The molecule has 0 aliphatic carbocycles. The number of aromatic nitrogens is 1. The van der Waals surface area contributed by atoms with Gasteiger partial charge in [-0.3, -0.25) is 4.79 Å². The summed E-state index contributed by atoms with van der Waals surface area (Å²) in [6.45, 7) is 5.60. The number of ether oxygens (including phenoxy) is 1. The number of carbonyl (C=O) groups excluding carboxylic acids is 1. The van der Waals surface area contributed by atoms with Crippen molar-refractivity contribution in [3.05, 3.63) is 76.4 Å². The van der Waals surface area contributed by atoms with Crippen LogP contribution in [0.1, 0.15) is 32.9 Å². The van der Waals surface area contributed by atoms with Gasteiger partial charge in [-0.25, -0.2) is 4.39 Å². The number of benzene rings is 2. The molecule has 3 aromatic rings. The summed E-state index contributed by atoms with van der Waals surface area (Å²) in [6, 6.07) is 12.1. The Hall–Kier alpha value is -3.15. The van der Waals surface area contributed by atoms with Crippen molar-refractivity contribution < 1.29 is 18.4 Å². The molecular formula is C20H19FN2O3. The monoisotopic (exact) mass is 354 g/mol. The van der Waals surface area contributed by atoms with Crippen molar-refractivity contribution in [2.45, 2.75) is 27.4 Å². The first-order valence-electron chi connectivity index (χ1n) is 8.16. The predicted octanol–water partition coefficient (Wildman–Crippen LogP) is 4.57. The smallest absolute Gasteiger partial charge is 0.278 e. The van der Waals surface area contributed by atoms with Crippen LogP contribution in [0.5, 0.6) is 5.75 Å². The van der Waals surface area contributed by atoms with Gasteiger partial charge in [-0.15, -0.1) is 0 Å². The molecular weight excluding hydrogens is 335 g/mol. The van der Waals surface area contributed by atoms with E-state index in [4.69, 9.17) is 9.26 Å². The van der Waals surface area contributed by atoms with Crippen molar-refractivity contribution in [1.82, 2.24) is 5.16 Å². The second kappa shape index (κ2) is 7.39. The molecule has 0 saturated carbocycles. The van der Waals surface area contributed by atoms with E-state index in [9.17, 15) is 9.18 Å². The predicted molar refractivity (Wildman–Crippen MR) is 95.8 cm³/mol. The standard InChI is InChI=1S/C20H19FN2O3/c1-12-5-4-6-15(9-12)25-11-16-14(3)26-23-19(16)20(24)22-18-10-13(2)7-8-17(18)21/h4-10H,11H2,1-3H3,(H,22,24). The van der Waals surface area contributed by atoms with Gasteiger partial charge in [-0.2, -0.15) is 0 Å². The highest BCUT2D eigenvalue weighted by Gasteiger charge is 2.21. The molecule has 0 bridgehead atoms. The van der Waals surface area contributed by atoms with Crippen LogP contribution in [0.3, 0.4) is 0 Å². The highest BCUT2D eigenvalue weighted by Crippen LogP contribution is 2.21. The van der Waals surface area contributed by atoms with Gasteiger partial charge in [0.2, 0.25) is 0 Å². The van der Waals surface area contributed by atoms with E-state index in [0.717, 1.165) is 11.1 Å². The zero-order chi connectivity index (χ0) is 18.7. The Balaban J connectivity index is 1.78. The molecule has 0 aliphatic heterocycles. The largest absolute Gasteiger partial charge is 0.489 e. The molecule has 26 heavy (non-hydrogen) atoms. The molecule has 1 heterocycles. The van der Waals surface area contributed by atoms with E-state index < -0.39 is 11.7 Å². The fourth-order valence-electron chi connectivity index (χ4n) is 2.52. The van der Waals surface area contributed by atoms with Crippen molar-refractivity contribution in [3.8, 4) is 5.75 Å². The maximum Gasteiger partial charge on any atom is 0.278 e. The Morgan fingerprint density at radius 3 is 2.69 bits per heavy atom. The molecule has 1 N–H and O–H groups in total. The van der Waals surface area contributed by atoms with E-state index in [2.05, 4.69) is 10.5 Å². The second-order valence-corrected chi connectivity index (χ2v) is 6.11. The number of hydrogen-bond acceptors (Lipinski definition) is 4. The molecule has 0 unspecified atom stereocenters. The van der Waals surface area contributed by atoms with Crippen molar-refractivity contribution in [2.75, 3.05) is 5.32 Å². The fraction of sp³-hybridized carbons (Fsp3) is 0.200. The Morgan fingerprint density at radius 2 is 1.92 bits per heavy atom. The first kappa shape index (κ1) is 17.7. The lowest BCUT2D eigenvalue weighted by molar-refractivity contribution is 0.101. The Labute approximate surface area is 150 Å². The summed E-state index contributed by atoms with van der Waals surface area (Å²) in [4.78, 5) is 12.5. The number of nitrogens with zero attached hydrogens (tertiary/aromatic N) is 1. The average Bonchev–Trinajstić information content (AvgIpc) is 2.97. The zero-order valence-corrected chi connectivity index (χ0v) is 14.8. The minimum atomic E-state index is -0.547. The Kier molecular flexibility index (Phi) is 5.02. The van der Waals surface area contributed by atoms with Crippen LogP contribution in [0.4, 0.5) is 10.1 Å². The molecule has 0 fully saturated rings. The topological polar surface area (TPSA) is 64.4 Å². The van der Waals surface area contributed by atoms with Gasteiger partial charge in [-0.1, -0.05) is 23.4 Å². The fourth-order valence-corrected chi connectivity index (χ4v) is 2.52. The maximum atomic E-state index is 13.9. The molecule has 0 radical (unpaired) electrons. The van der Waals surface area contributed by atoms with Crippen molar-refractivity contribution in [3.63, 3.8) is 0 Å². The third kappa shape index (κ3) is 3.91. The van der Waals surface area contributed by atoms with Gasteiger partial charge in [0, 0.05) is 0 Å². The van der Waals surface area contributed by atoms with Crippen LogP contribution in [0.2, 0.25) is 0 Å². The molecule has 134 valence electrons. The Morgan fingerprint density at radius 1 is 1.15 bits per heavy atom. The molecule has 5 nitrogen and oxygen atoms in total. The summed E-state index contributed by atoms with van der Waals surface area (Å²) in [5, 5.41) is 6.34. The number of carbonyl (C=O) groups is 1. The van der Waals surface area contributed by atoms with E-state index in [1.165, 1.54) is 6.07 Å². The summed E-state index contributed by atoms with van der Waals surface area (Å²) in [5.41, 5.74) is 2.60. The zero-order valence-electron chi connectivity index (χ0n) is 14.8. The minimum Gasteiger partial charge on any atom is -0.489 e. The van der Waals surface area contributed by atoms with Gasteiger partial charge in [0.15, 0.2) is 5.69 Å². The number of anilines is 1. The molecule has 6 heteroatoms. The summed E-state index contributed by atoms with van der Waals surface area (Å²) in [5.74, 6) is 0.102. The molecule has 0 aliphatic rings. The number of halogens is 1. The minimum absolute atomic E-state index is 0.0797. The van der Waals surface area contributed by atoms with E-state index in [-0.39, 0.29) is 18.0 Å². The van der Waals surface area contributed by atoms with Gasteiger partial charge < -0.3 is 14.6 Å². The third-order valence-corrected chi connectivity index (χ3v) is 3.94. The van der Waals surface area contributed by atoms with Crippen LogP contribution >= 0.6 is 0 Å². The van der Waals surface area contributed by atoms with E-state index in [1.54, 1.807) is 19.1 Å². The van der Waals surface area contributed by atoms with Crippen LogP contribution in [0.25, 0.3) is 0 Å². The molecule has 0 spiro atoms. The third-order valence-electron chi connectivity index (χ3n) is 3.94. The number of nitrogens with one attached hydrogen (secondary N) is 1. The van der Waals surface area contributed by atoms with Crippen LogP contribution in [-0.2, 0) is 6.61 Å². The normalized spacial score (nSPS) is 10.6. The Bertz CT molecular complexity index is 950. The molecule has 3 rings (SSSR count). The van der Waals surface area contributed by atoms with E-state index >= 15 is 0 Å². The van der Waals surface area contributed by atoms with Crippen LogP contribution in [0, 0.1) is 26.6 Å². The lowest BCUT2D eigenvalue weighted by Crippen LogP contribution is -2.16. The van der Waals surface area contributed by atoms with E-state index in [0.29, 0.717) is 17.1 Å². The number of aryl methyl sites for hydroxylation is 3. The number of rotatable bonds is 5. The van der Waals surface area contributed by atoms with Gasteiger partial charge in [0.1, 0.15) is 23.9 Å². The highest BCUT2D eigenvalue weighted by molar-refractivity contribution is 6.04. The molecule has 1 amide bonds. The first-order chi connectivity index (χ1) is 12.4. The SMILES string of the molecule is Cc1cccc(OCc2c(C(=O)Nc3cc(C)ccc3F)noc2C)c1. The summed E-state index contributed by atoms with van der Waals surface area (Å²) < 4.78 is 24.8. The number of hydrogen-bond donors (Lipinski definition) is 1. The van der Waals surface area contributed by atoms with Crippen molar-refractivity contribution >= 4 is 11.6 Å². The summed E-state index contributed by atoms with van der Waals surface area (Å²) >= 11 is 0. The van der Waals surface area contributed by atoms with E-state index in [1.807, 2.05) is 38.1 Å². The highest BCUT2D eigenvalue weighted by atomic mass is 19.1. The average molecular weight is 354 g/mol. The van der Waals surface area contributed by atoms with Gasteiger partial charge in [0.05, 0.1) is 11.3 Å². The number of amides is 1. The van der Waals surface area contributed by atoms with Crippen molar-refractivity contribution in [2.24, 2.45) is 0 Å². The molecule has 0 atom stereocenters. The maximum absolute atomic E-state index is 13.9.